The van der Waals surface area contributed by atoms with Gasteiger partial charge < -0.3 is 14.8 Å². The van der Waals surface area contributed by atoms with E-state index in [0.29, 0.717) is 17.8 Å². The van der Waals surface area contributed by atoms with E-state index in [1.807, 2.05) is 12.1 Å². The van der Waals surface area contributed by atoms with Gasteiger partial charge in [0, 0.05) is 5.92 Å². The molecule has 0 amide bonds. The van der Waals surface area contributed by atoms with E-state index in [2.05, 4.69) is 61.6 Å². The third-order valence-corrected chi connectivity index (χ3v) is 5.41. The quantitative estimate of drug-likeness (QED) is 0.717. The molecule has 1 N–H and O–H groups in total. The number of fused-ring (bicyclic) bond motifs is 3. The average molecular weight is 349 g/mol. The van der Waals surface area contributed by atoms with Crippen LogP contribution >= 0.6 is 0 Å². The minimum absolute atomic E-state index is 0.275. The Bertz CT molecular complexity index is 794. The van der Waals surface area contributed by atoms with Crippen molar-refractivity contribution >= 4 is 5.69 Å². The van der Waals surface area contributed by atoms with Gasteiger partial charge in [0.2, 0.25) is 0 Å². The van der Waals surface area contributed by atoms with Crippen LogP contribution in [0.2, 0.25) is 0 Å². The summed E-state index contributed by atoms with van der Waals surface area (Å²) in [6, 6.07) is 15.2. The van der Waals surface area contributed by atoms with Gasteiger partial charge in [-0.05, 0) is 47.6 Å². The van der Waals surface area contributed by atoms with Gasteiger partial charge in [-0.2, -0.15) is 0 Å². The van der Waals surface area contributed by atoms with E-state index in [1.165, 1.54) is 11.1 Å². The van der Waals surface area contributed by atoms with Gasteiger partial charge in [0.1, 0.15) is 11.5 Å². The standard InChI is InChI=1S/C23H27NO2/c1-15(2)14-26-21-9-5-8-20-18-6-4-7-19(18)22(24-23(20)21)16-10-12-17(25-3)13-11-16/h4-6,8-13,15,18-19,22,24H,7,14H2,1-3H3. The van der Waals surface area contributed by atoms with Gasteiger partial charge in [-0.25, -0.2) is 0 Å². The molecule has 3 unspecified atom stereocenters. The fraction of sp³-hybridized carbons (Fsp3) is 0.391. The number of methoxy groups -OCH3 is 1. The topological polar surface area (TPSA) is 30.5 Å². The van der Waals surface area contributed by atoms with E-state index in [-0.39, 0.29) is 6.04 Å². The van der Waals surface area contributed by atoms with Crippen LogP contribution in [0.1, 0.15) is 43.4 Å². The van der Waals surface area contributed by atoms with E-state index < -0.39 is 0 Å². The number of anilines is 1. The minimum atomic E-state index is 0.275. The first-order chi connectivity index (χ1) is 12.7. The van der Waals surface area contributed by atoms with Crippen LogP contribution < -0.4 is 14.8 Å². The smallest absolute Gasteiger partial charge is 0.142 e. The maximum atomic E-state index is 6.13. The number of benzene rings is 2. The molecule has 0 spiro atoms. The van der Waals surface area contributed by atoms with Crippen LogP contribution in [0.5, 0.6) is 11.5 Å². The van der Waals surface area contributed by atoms with Crippen molar-refractivity contribution in [2.45, 2.75) is 32.2 Å². The van der Waals surface area contributed by atoms with Crippen molar-refractivity contribution in [2.24, 2.45) is 11.8 Å². The number of rotatable bonds is 5. The Hall–Kier alpha value is -2.42. The van der Waals surface area contributed by atoms with E-state index in [9.17, 15) is 0 Å². The predicted molar refractivity (Wildman–Crippen MR) is 106 cm³/mol. The molecule has 1 aliphatic heterocycles. The molecule has 1 aliphatic carbocycles. The molecule has 0 fully saturated rings. The molecule has 2 aliphatic rings. The summed E-state index contributed by atoms with van der Waals surface area (Å²) in [5.74, 6) is 3.35. The van der Waals surface area contributed by atoms with Gasteiger partial charge in [0.15, 0.2) is 0 Å². The Morgan fingerprint density at radius 3 is 2.65 bits per heavy atom. The molecule has 0 saturated heterocycles. The molecule has 1 heterocycles. The van der Waals surface area contributed by atoms with Crippen LogP contribution in [-0.4, -0.2) is 13.7 Å². The Morgan fingerprint density at radius 2 is 1.92 bits per heavy atom. The fourth-order valence-electron chi connectivity index (χ4n) is 4.11. The first-order valence-corrected chi connectivity index (χ1v) is 9.50. The zero-order valence-corrected chi connectivity index (χ0v) is 15.7. The molecule has 0 saturated carbocycles. The van der Waals surface area contributed by atoms with E-state index in [1.54, 1.807) is 7.11 Å². The highest BCUT2D eigenvalue weighted by Gasteiger charge is 2.38. The molecule has 136 valence electrons. The monoisotopic (exact) mass is 349 g/mol. The fourth-order valence-corrected chi connectivity index (χ4v) is 4.11. The third kappa shape index (κ3) is 3.07. The van der Waals surface area contributed by atoms with Crippen LogP contribution in [0.3, 0.4) is 0 Å². The molecule has 3 nitrogen and oxygen atoms in total. The second-order valence-electron chi connectivity index (χ2n) is 7.67. The summed E-state index contributed by atoms with van der Waals surface area (Å²) in [6.45, 7) is 5.09. The lowest BCUT2D eigenvalue weighted by Crippen LogP contribution is -2.29. The predicted octanol–water partition coefficient (Wildman–Crippen LogP) is 5.56. The zero-order chi connectivity index (χ0) is 18.1. The number of nitrogens with one attached hydrogen (secondary N) is 1. The van der Waals surface area contributed by atoms with Gasteiger partial charge in [-0.3, -0.25) is 0 Å². The Kier molecular flexibility index (Phi) is 4.62. The summed E-state index contributed by atoms with van der Waals surface area (Å²) in [4.78, 5) is 0. The second-order valence-corrected chi connectivity index (χ2v) is 7.67. The molecule has 4 rings (SSSR count). The molecule has 0 radical (unpaired) electrons. The summed E-state index contributed by atoms with van der Waals surface area (Å²) in [7, 11) is 1.71. The average Bonchev–Trinajstić information content (AvgIpc) is 3.16. The Labute approximate surface area is 156 Å². The van der Waals surface area contributed by atoms with Crippen molar-refractivity contribution in [3.63, 3.8) is 0 Å². The Morgan fingerprint density at radius 1 is 1.12 bits per heavy atom. The maximum Gasteiger partial charge on any atom is 0.142 e. The van der Waals surface area contributed by atoms with Crippen LogP contribution in [0, 0.1) is 11.8 Å². The van der Waals surface area contributed by atoms with Crippen molar-refractivity contribution < 1.29 is 9.47 Å². The highest BCUT2D eigenvalue weighted by Crippen LogP contribution is 2.52. The molecular weight excluding hydrogens is 322 g/mol. The van der Waals surface area contributed by atoms with Crippen molar-refractivity contribution in [3.05, 3.63) is 65.7 Å². The van der Waals surface area contributed by atoms with Crippen LogP contribution in [0.25, 0.3) is 0 Å². The zero-order valence-electron chi connectivity index (χ0n) is 15.7. The summed E-state index contributed by atoms with van der Waals surface area (Å²) in [5.41, 5.74) is 3.81. The first-order valence-electron chi connectivity index (χ1n) is 9.50. The number of para-hydroxylation sites is 1. The molecule has 2 aromatic rings. The van der Waals surface area contributed by atoms with Gasteiger partial charge in [-0.15, -0.1) is 0 Å². The molecule has 3 atom stereocenters. The van der Waals surface area contributed by atoms with Crippen molar-refractivity contribution in [1.82, 2.24) is 0 Å². The number of allylic oxidation sites excluding steroid dienone is 2. The number of ether oxygens (including phenoxy) is 2. The molecular formula is C23H27NO2. The lowest BCUT2D eigenvalue weighted by atomic mass is 9.77. The van der Waals surface area contributed by atoms with E-state index in [0.717, 1.165) is 30.2 Å². The highest BCUT2D eigenvalue weighted by atomic mass is 16.5. The van der Waals surface area contributed by atoms with E-state index in [4.69, 9.17) is 9.47 Å². The van der Waals surface area contributed by atoms with Gasteiger partial charge in [-0.1, -0.05) is 50.3 Å². The van der Waals surface area contributed by atoms with Crippen molar-refractivity contribution in [1.29, 1.82) is 0 Å². The van der Waals surface area contributed by atoms with Crippen LogP contribution in [0.4, 0.5) is 5.69 Å². The summed E-state index contributed by atoms with van der Waals surface area (Å²) < 4.78 is 11.4. The largest absolute Gasteiger partial charge is 0.497 e. The number of hydrogen-bond acceptors (Lipinski definition) is 3. The summed E-state index contributed by atoms with van der Waals surface area (Å²) in [6.07, 6.45) is 5.79. The van der Waals surface area contributed by atoms with E-state index >= 15 is 0 Å². The van der Waals surface area contributed by atoms with Crippen LogP contribution in [-0.2, 0) is 0 Å². The minimum Gasteiger partial charge on any atom is -0.497 e. The molecule has 0 aromatic heterocycles. The third-order valence-electron chi connectivity index (χ3n) is 5.41. The lowest BCUT2D eigenvalue weighted by molar-refractivity contribution is 0.270. The maximum absolute atomic E-state index is 6.13. The van der Waals surface area contributed by atoms with Crippen LogP contribution in [0.15, 0.2) is 54.6 Å². The second kappa shape index (κ2) is 7.06. The lowest BCUT2D eigenvalue weighted by Gasteiger charge is -2.38. The van der Waals surface area contributed by atoms with Crippen molar-refractivity contribution in [3.8, 4) is 11.5 Å². The van der Waals surface area contributed by atoms with Gasteiger partial charge in [0.05, 0.1) is 25.4 Å². The summed E-state index contributed by atoms with van der Waals surface area (Å²) in [5, 5.41) is 3.81. The molecule has 26 heavy (non-hydrogen) atoms. The molecule has 2 aromatic carbocycles. The SMILES string of the molecule is COc1ccc(C2Nc3c(OCC(C)C)cccc3C3C=CCC32)cc1. The van der Waals surface area contributed by atoms with Crippen molar-refractivity contribution in [2.75, 3.05) is 19.0 Å². The molecule has 3 heteroatoms. The Balaban J connectivity index is 1.70. The highest BCUT2D eigenvalue weighted by molar-refractivity contribution is 5.67. The first kappa shape index (κ1) is 17.0. The summed E-state index contributed by atoms with van der Waals surface area (Å²) >= 11 is 0. The normalized spacial score (nSPS) is 23.3. The van der Waals surface area contributed by atoms with Gasteiger partial charge in [0.25, 0.3) is 0 Å². The number of hydrogen-bond donors (Lipinski definition) is 1. The van der Waals surface area contributed by atoms with Gasteiger partial charge >= 0.3 is 0 Å². The molecule has 0 bridgehead atoms.